The van der Waals surface area contributed by atoms with Gasteiger partial charge in [-0.15, -0.1) is 0 Å². The first kappa shape index (κ1) is 12.4. The van der Waals surface area contributed by atoms with E-state index in [-0.39, 0.29) is 0 Å². The summed E-state index contributed by atoms with van der Waals surface area (Å²) in [4.78, 5) is 0. The molecule has 0 aliphatic rings. The predicted octanol–water partition coefficient (Wildman–Crippen LogP) is 2.55. The van der Waals surface area contributed by atoms with Crippen LogP contribution in [0.4, 0.5) is 0 Å². The highest BCUT2D eigenvalue weighted by molar-refractivity contribution is 5.90. The molecule has 0 saturated heterocycles. The van der Waals surface area contributed by atoms with Crippen molar-refractivity contribution in [1.82, 2.24) is 9.99 Å². The Hall–Kier alpha value is -2.03. The van der Waals surface area contributed by atoms with Gasteiger partial charge in [-0.1, -0.05) is 36.4 Å². The summed E-state index contributed by atoms with van der Waals surface area (Å²) in [6.07, 6.45) is 4.23. The van der Waals surface area contributed by atoms with Crippen LogP contribution in [0.5, 0.6) is 0 Å². The summed E-state index contributed by atoms with van der Waals surface area (Å²) in [6.45, 7) is 4.16. The van der Waals surface area contributed by atoms with Gasteiger partial charge < -0.3 is 9.99 Å². The Kier molecular flexibility index (Phi) is 3.51. The molecule has 1 aromatic heterocycles. The molecule has 3 nitrogen and oxygen atoms in total. The number of benzene rings is 1. The summed E-state index contributed by atoms with van der Waals surface area (Å²) >= 11 is 0. The summed E-state index contributed by atoms with van der Waals surface area (Å²) in [5, 5.41) is 6.78. The van der Waals surface area contributed by atoms with Crippen molar-refractivity contribution in [3.63, 3.8) is 0 Å². The number of nitrogens with zero attached hydrogens (tertiary/aromatic N) is 2. The molecule has 0 unspecified atom stereocenters. The number of aromatic nitrogens is 1. The van der Waals surface area contributed by atoms with Gasteiger partial charge in [0, 0.05) is 30.7 Å². The number of nitrogens with one attached hydrogen (secondary N) is 1. The fourth-order valence-electron chi connectivity index (χ4n) is 2.25. The van der Waals surface area contributed by atoms with Crippen molar-refractivity contribution in [3.8, 4) is 0 Å². The topological polar surface area (TPSA) is 29.3 Å². The van der Waals surface area contributed by atoms with Gasteiger partial charge in [0.2, 0.25) is 0 Å². The molecular formula is C15H19N3. The lowest BCUT2D eigenvalue weighted by Crippen LogP contribution is -2.24. The smallest absolute Gasteiger partial charge is 0.160 e. The van der Waals surface area contributed by atoms with Gasteiger partial charge in [0.15, 0.2) is 5.49 Å². The normalized spacial score (nSPS) is 12.6. The van der Waals surface area contributed by atoms with Crippen LogP contribution in [0.25, 0.3) is 16.8 Å². The van der Waals surface area contributed by atoms with Gasteiger partial charge in [0.25, 0.3) is 0 Å². The van der Waals surface area contributed by atoms with Gasteiger partial charge >= 0.3 is 0 Å². The minimum absolute atomic E-state index is 0.957. The Morgan fingerprint density at radius 2 is 1.89 bits per heavy atom. The van der Waals surface area contributed by atoms with Gasteiger partial charge in [-0.2, -0.15) is 5.10 Å². The third-order valence-corrected chi connectivity index (χ3v) is 3.22. The van der Waals surface area contributed by atoms with Crippen molar-refractivity contribution in [2.75, 3.05) is 7.05 Å². The van der Waals surface area contributed by atoms with Crippen molar-refractivity contribution in [1.29, 1.82) is 0 Å². The van der Waals surface area contributed by atoms with Crippen LogP contribution < -0.4 is 10.9 Å². The van der Waals surface area contributed by atoms with Gasteiger partial charge in [0.05, 0.1) is 0 Å². The van der Waals surface area contributed by atoms with Crippen LogP contribution in [0, 0.1) is 6.92 Å². The maximum Gasteiger partial charge on any atom is 0.160 e. The Balaban J connectivity index is 3.02. The average molecular weight is 241 g/mol. The van der Waals surface area contributed by atoms with E-state index in [1.807, 2.05) is 27.1 Å². The van der Waals surface area contributed by atoms with Crippen molar-refractivity contribution in [2.24, 2.45) is 12.1 Å². The highest BCUT2D eigenvalue weighted by Crippen LogP contribution is 2.20. The Morgan fingerprint density at radius 3 is 2.50 bits per heavy atom. The van der Waals surface area contributed by atoms with E-state index in [0.29, 0.717) is 0 Å². The molecule has 2 aromatic rings. The molecular weight excluding hydrogens is 222 g/mol. The van der Waals surface area contributed by atoms with E-state index in [4.69, 9.17) is 0 Å². The molecule has 3 heteroatoms. The molecule has 0 saturated carbocycles. The molecule has 18 heavy (non-hydrogen) atoms. The van der Waals surface area contributed by atoms with Crippen LogP contribution in [-0.2, 0) is 7.05 Å². The molecule has 1 N–H and O–H groups in total. The maximum absolute atomic E-state index is 4.39. The number of hydrogen-bond acceptors (Lipinski definition) is 2. The highest BCUT2D eigenvalue weighted by Gasteiger charge is 2.07. The highest BCUT2D eigenvalue weighted by atomic mass is 15.3. The third kappa shape index (κ3) is 1.92. The van der Waals surface area contributed by atoms with Crippen molar-refractivity contribution >= 4 is 16.8 Å². The quantitative estimate of drug-likeness (QED) is 0.804. The second-order valence-electron chi connectivity index (χ2n) is 4.26. The minimum atomic E-state index is 0.957. The predicted molar refractivity (Wildman–Crippen MR) is 77.0 cm³/mol. The fraction of sp³-hybridized carbons (Fsp3) is 0.267. The lowest BCUT2D eigenvalue weighted by molar-refractivity contribution is 0.746. The number of rotatable bonds is 2. The van der Waals surface area contributed by atoms with Gasteiger partial charge in [-0.25, -0.2) is 0 Å². The van der Waals surface area contributed by atoms with E-state index in [9.17, 15) is 0 Å². The first-order valence-electron chi connectivity index (χ1n) is 6.12. The van der Waals surface area contributed by atoms with Crippen LogP contribution in [-0.4, -0.2) is 11.6 Å². The van der Waals surface area contributed by atoms with Gasteiger partial charge in [-0.05, 0) is 19.2 Å². The van der Waals surface area contributed by atoms with Crippen molar-refractivity contribution in [2.45, 2.75) is 13.8 Å². The molecule has 0 bridgehead atoms. The number of fused-ring (bicyclic) bond motifs is 1. The van der Waals surface area contributed by atoms with Crippen LogP contribution >= 0.6 is 0 Å². The molecule has 0 fully saturated rings. The minimum Gasteiger partial charge on any atom is -0.331 e. The molecule has 1 aromatic carbocycles. The van der Waals surface area contributed by atoms with E-state index in [2.05, 4.69) is 52.4 Å². The summed E-state index contributed by atoms with van der Waals surface area (Å²) in [7, 11) is 3.87. The average Bonchev–Trinajstić information content (AvgIpc) is 2.40. The summed E-state index contributed by atoms with van der Waals surface area (Å²) in [6, 6.07) is 8.37. The lowest BCUT2D eigenvalue weighted by Gasteiger charge is -2.13. The zero-order valence-electron chi connectivity index (χ0n) is 11.4. The van der Waals surface area contributed by atoms with Gasteiger partial charge in [-0.3, -0.25) is 0 Å². The molecule has 0 aliphatic carbocycles. The van der Waals surface area contributed by atoms with E-state index in [1.54, 1.807) is 0 Å². The molecule has 1 heterocycles. The largest absolute Gasteiger partial charge is 0.331 e. The van der Waals surface area contributed by atoms with E-state index >= 15 is 0 Å². The molecule has 0 radical (unpaired) electrons. The Morgan fingerprint density at radius 1 is 1.22 bits per heavy atom. The summed E-state index contributed by atoms with van der Waals surface area (Å²) in [5.74, 6) is 0. The number of allylic oxidation sites excluding steroid dienone is 1. The first-order chi connectivity index (χ1) is 8.70. The van der Waals surface area contributed by atoms with E-state index in [0.717, 1.165) is 10.9 Å². The van der Waals surface area contributed by atoms with Crippen LogP contribution in [0.3, 0.4) is 0 Å². The fourth-order valence-corrected chi connectivity index (χ4v) is 2.25. The van der Waals surface area contributed by atoms with Crippen molar-refractivity contribution < 1.29 is 0 Å². The monoisotopic (exact) mass is 241 g/mol. The van der Waals surface area contributed by atoms with Crippen molar-refractivity contribution in [3.05, 3.63) is 47.1 Å². The zero-order chi connectivity index (χ0) is 13.1. The Bertz CT molecular complexity index is 663. The third-order valence-electron chi connectivity index (χ3n) is 3.22. The maximum atomic E-state index is 4.39. The van der Waals surface area contributed by atoms with Crippen LogP contribution in [0.15, 0.2) is 35.4 Å². The molecule has 0 atom stereocenters. The van der Waals surface area contributed by atoms with E-state index < -0.39 is 0 Å². The second-order valence-corrected chi connectivity index (χ2v) is 4.26. The Labute approximate surface area is 107 Å². The van der Waals surface area contributed by atoms with Crippen LogP contribution in [0.2, 0.25) is 0 Å². The van der Waals surface area contributed by atoms with Gasteiger partial charge in [0.1, 0.15) is 0 Å². The van der Waals surface area contributed by atoms with Crippen LogP contribution in [0.1, 0.15) is 18.2 Å². The standard InChI is InChI=1S/C15H19N3/c1-5-8-12-11(2)18(4)15(17-16-3)14-10-7-6-9-13(12)14/h5-10,16H,1-4H3. The van der Waals surface area contributed by atoms with E-state index in [1.165, 1.54) is 16.6 Å². The zero-order valence-corrected chi connectivity index (χ0v) is 11.4. The number of hydrogen-bond donors (Lipinski definition) is 1. The molecule has 0 amide bonds. The second kappa shape index (κ2) is 5.08. The first-order valence-corrected chi connectivity index (χ1v) is 6.12. The molecule has 2 rings (SSSR count). The molecule has 0 spiro atoms. The SMILES string of the molecule is CC=Cc1c(C)n(C)c(=NNC)c2ccccc12. The lowest BCUT2D eigenvalue weighted by atomic mass is 10.0. The number of pyridine rings is 1. The summed E-state index contributed by atoms with van der Waals surface area (Å²) in [5.41, 5.74) is 6.30. The summed E-state index contributed by atoms with van der Waals surface area (Å²) < 4.78 is 2.12. The molecule has 0 aliphatic heterocycles. The molecule has 94 valence electrons.